The molecular formula is C14H19NO. The number of aliphatic hydroxyl groups is 1. The molecule has 1 saturated carbocycles. The van der Waals surface area contributed by atoms with Crippen molar-refractivity contribution in [2.45, 2.75) is 24.9 Å². The lowest BCUT2D eigenvalue weighted by Crippen LogP contribution is -2.30. The van der Waals surface area contributed by atoms with Gasteiger partial charge in [-0.25, -0.2) is 0 Å². The molecule has 2 fully saturated rings. The molecule has 1 aliphatic heterocycles. The maximum Gasteiger partial charge on any atom is 0.0694 e. The van der Waals surface area contributed by atoms with Crippen LogP contribution >= 0.6 is 0 Å². The summed E-state index contributed by atoms with van der Waals surface area (Å²) in [5, 5.41) is 14.0. The van der Waals surface area contributed by atoms with Crippen molar-refractivity contribution in [1.82, 2.24) is 5.32 Å². The highest BCUT2D eigenvalue weighted by molar-refractivity contribution is 5.18. The first kappa shape index (κ1) is 10.3. The Labute approximate surface area is 96.7 Å². The molecule has 0 bridgehead atoms. The van der Waals surface area contributed by atoms with Crippen LogP contribution in [0.3, 0.4) is 0 Å². The second kappa shape index (κ2) is 3.86. The Morgan fingerprint density at radius 3 is 2.38 bits per heavy atom. The number of hydrogen-bond acceptors (Lipinski definition) is 2. The molecule has 0 amide bonds. The lowest BCUT2D eigenvalue weighted by Gasteiger charge is -2.23. The second-order valence-electron chi connectivity index (χ2n) is 5.47. The summed E-state index contributed by atoms with van der Waals surface area (Å²) in [6, 6.07) is 10.4. The molecule has 1 aromatic carbocycles. The minimum Gasteiger partial charge on any atom is -0.390 e. The van der Waals surface area contributed by atoms with Gasteiger partial charge in [0.25, 0.3) is 0 Å². The predicted molar refractivity (Wildman–Crippen MR) is 64.2 cm³/mol. The summed E-state index contributed by atoms with van der Waals surface area (Å²) in [6.07, 6.45) is 2.76. The van der Waals surface area contributed by atoms with E-state index in [1.165, 1.54) is 5.56 Å². The molecule has 2 aliphatic rings. The van der Waals surface area contributed by atoms with Gasteiger partial charge in [-0.2, -0.15) is 0 Å². The topological polar surface area (TPSA) is 32.3 Å². The van der Waals surface area contributed by atoms with E-state index in [0.717, 1.165) is 32.4 Å². The Morgan fingerprint density at radius 1 is 1.12 bits per heavy atom. The highest BCUT2D eigenvalue weighted by atomic mass is 16.3. The first-order valence-corrected chi connectivity index (χ1v) is 6.22. The van der Waals surface area contributed by atoms with Crippen LogP contribution in [-0.4, -0.2) is 23.8 Å². The SMILES string of the molecule is OC1(Cc2ccccc2)CC2CNC[C@H]2C1. The number of nitrogens with one attached hydrogen (secondary N) is 1. The van der Waals surface area contributed by atoms with Crippen molar-refractivity contribution >= 4 is 0 Å². The van der Waals surface area contributed by atoms with E-state index in [2.05, 4.69) is 29.6 Å². The van der Waals surface area contributed by atoms with Crippen molar-refractivity contribution in [3.63, 3.8) is 0 Å². The molecule has 1 heterocycles. The molecule has 0 spiro atoms. The molecule has 3 atom stereocenters. The van der Waals surface area contributed by atoms with E-state index in [-0.39, 0.29) is 0 Å². The summed E-state index contributed by atoms with van der Waals surface area (Å²) < 4.78 is 0. The Hall–Kier alpha value is -0.860. The molecule has 16 heavy (non-hydrogen) atoms. The molecule has 2 unspecified atom stereocenters. The molecule has 0 radical (unpaired) electrons. The van der Waals surface area contributed by atoms with Crippen LogP contribution in [0.15, 0.2) is 30.3 Å². The minimum absolute atomic E-state index is 0.446. The lowest BCUT2D eigenvalue weighted by atomic mass is 9.91. The monoisotopic (exact) mass is 217 g/mol. The van der Waals surface area contributed by atoms with Crippen LogP contribution in [0.5, 0.6) is 0 Å². The molecule has 1 aromatic rings. The predicted octanol–water partition coefficient (Wildman–Crippen LogP) is 1.59. The average Bonchev–Trinajstić information content (AvgIpc) is 2.77. The largest absolute Gasteiger partial charge is 0.390 e. The number of rotatable bonds is 2. The fraction of sp³-hybridized carbons (Fsp3) is 0.571. The van der Waals surface area contributed by atoms with Crippen molar-refractivity contribution in [2.24, 2.45) is 11.8 Å². The van der Waals surface area contributed by atoms with E-state index in [1.54, 1.807) is 0 Å². The third-order valence-electron chi connectivity index (χ3n) is 4.14. The quantitative estimate of drug-likeness (QED) is 0.788. The van der Waals surface area contributed by atoms with Gasteiger partial charge >= 0.3 is 0 Å². The number of fused-ring (bicyclic) bond motifs is 1. The van der Waals surface area contributed by atoms with E-state index in [1.807, 2.05) is 6.07 Å². The van der Waals surface area contributed by atoms with Crippen molar-refractivity contribution in [3.8, 4) is 0 Å². The summed E-state index contributed by atoms with van der Waals surface area (Å²) in [4.78, 5) is 0. The van der Waals surface area contributed by atoms with Gasteiger partial charge in [0.05, 0.1) is 5.60 Å². The lowest BCUT2D eigenvalue weighted by molar-refractivity contribution is 0.0399. The van der Waals surface area contributed by atoms with Crippen LogP contribution in [0.25, 0.3) is 0 Å². The van der Waals surface area contributed by atoms with Gasteiger partial charge in [-0.15, -0.1) is 0 Å². The van der Waals surface area contributed by atoms with Crippen molar-refractivity contribution in [1.29, 1.82) is 0 Å². The van der Waals surface area contributed by atoms with Gasteiger partial charge in [-0.1, -0.05) is 30.3 Å². The first-order chi connectivity index (χ1) is 7.75. The fourth-order valence-corrected chi connectivity index (χ4v) is 3.44. The molecule has 2 heteroatoms. The Morgan fingerprint density at radius 2 is 1.75 bits per heavy atom. The molecule has 86 valence electrons. The molecule has 1 saturated heterocycles. The van der Waals surface area contributed by atoms with Crippen molar-refractivity contribution in [3.05, 3.63) is 35.9 Å². The smallest absolute Gasteiger partial charge is 0.0694 e. The van der Waals surface area contributed by atoms with E-state index in [9.17, 15) is 5.11 Å². The van der Waals surface area contributed by atoms with Crippen LogP contribution in [0.4, 0.5) is 0 Å². The van der Waals surface area contributed by atoms with Crippen molar-refractivity contribution in [2.75, 3.05) is 13.1 Å². The molecule has 0 aromatic heterocycles. The standard InChI is InChI=1S/C14H19NO/c16-14(6-11-4-2-1-3-5-11)7-12-9-15-10-13(12)8-14/h1-5,12-13,15-16H,6-10H2/t12-,13?,14?/m1/s1. The molecular weight excluding hydrogens is 198 g/mol. The number of hydrogen-bond donors (Lipinski definition) is 2. The zero-order valence-electron chi connectivity index (χ0n) is 9.52. The van der Waals surface area contributed by atoms with Gasteiger partial charge in [0.2, 0.25) is 0 Å². The van der Waals surface area contributed by atoms with Crippen molar-refractivity contribution < 1.29 is 5.11 Å². The van der Waals surface area contributed by atoms with E-state index in [4.69, 9.17) is 0 Å². The zero-order valence-corrected chi connectivity index (χ0v) is 9.52. The van der Waals surface area contributed by atoms with Crippen LogP contribution in [0.2, 0.25) is 0 Å². The van der Waals surface area contributed by atoms with E-state index < -0.39 is 5.60 Å². The van der Waals surface area contributed by atoms with Gasteiger partial charge in [-0.3, -0.25) is 0 Å². The second-order valence-corrected chi connectivity index (χ2v) is 5.47. The summed E-state index contributed by atoms with van der Waals surface area (Å²) in [7, 11) is 0. The summed E-state index contributed by atoms with van der Waals surface area (Å²) in [6.45, 7) is 2.20. The van der Waals surface area contributed by atoms with Gasteiger partial charge in [0.15, 0.2) is 0 Å². The third-order valence-corrected chi connectivity index (χ3v) is 4.14. The van der Waals surface area contributed by atoms with Gasteiger partial charge in [0.1, 0.15) is 0 Å². The maximum absolute atomic E-state index is 10.6. The Bertz CT molecular complexity index is 350. The van der Waals surface area contributed by atoms with Gasteiger partial charge in [0, 0.05) is 6.42 Å². The third kappa shape index (κ3) is 1.87. The summed E-state index contributed by atoms with van der Waals surface area (Å²) in [5.41, 5.74) is 0.816. The first-order valence-electron chi connectivity index (χ1n) is 6.22. The average molecular weight is 217 g/mol. The minimum atomic E-state index is -0.446. The fourth-order valence-electron chi connectivity index (χ4n) is 3.44. The summed E-state index contributed by atoms with van der Waals surface area (Å²) in [5.74, 6) is 1.41. The molecule has 1 aliphatic carbocycles. The highest BCUT2D eigenvalue weighted by Crippen LogP contribution is 2.42. The molecule has 3 rings (SSSR count). The van der Waals surface area contributed by atoms with Crippen LogP contribution < -0.4 is 5.32 Å². The molecule has 2 N–H and O–H groups in total. The van der Waals surface area contributed by atoms with Gasteiger partial charge in [-0.05, 0) is 43.3 Å². The maximum atomic E-state index is 10.6. The van der Waals surface area contributed by atoms with Crippen LogP contribution in [-0.2, 0) is 6.42 Å². The number of benzene rings is 1. The van der Waals surface area contributed by atoms with E-state index in [0.29, 0.717) is 11.8 Å². The van der Waals surface area contributed by atoms with Crippen LogP contribution in [0, 0.1) is 11.8 Å². The Balaban J connectivity index is 1.71. The molecule has 2 nitrogen and oxygen atoms in total. The summed E-state index contributed by atoms with van der Waals surface area (Å²) >= 11 is 0. The normalized spacial score (nSPS) is 37.6. The highest BCUT2D eigenvalue weighted by Gasteiger charge is 2.45. The van der Waals surface area contributed by atoms with E-state index >= 15 is 0 Å². The van der Waals surface area contributed by atoms with Crippen LogP contribution in [0.1, 0.15) is 18.4 Å². The zero-order chi connectivity index (χ0) is 11.0. The van der Waals surface area contributed by atoms with Gasteiger partial charge < -0.3 is 10.4 Å². The Kier molecular flexibility index (Phi) is 2.49.